The van der Waals surface area contributed by atoms with Crippen molar-refractivity contribution in [3.8, 4) is 5.75 Å². The van der Waals surface area contributed by atoms with Crippen LogP contribution in [0, 0.1) is 0 Å². The van der Waals surface area contributed by atoms with Crippen molar-refractivity contribution >= 4 is 11.9 Å². The maximum Gasteiger partial charge on any atom is 0.334 e. The van der Waals surface area contributed by atoms with Crippen molar-refractivity contribution in [2.24, 2.45) is 0 Å². The number of nitrogens with one attached hydrogen (secondary N) is 1. The average molecular weight is 249 g/mol. The number of carbonyl (C=O) groups excluding carboxylic acids is 2. The first-order valence-corrected chi connectivity index (χ1v) is 6.17. The van der Waals surface area contributed by atoms with Crippen LogP contribution in [0.5, 0.6) is 5.75 Å². The summed E-state index contributed by atoms with van der Waals surface area (Å²) in [6, 6.07) is 8.29. The number of amides is 1. The van der Waals surface area contributed by atoms with Gasteiger partial charge in [-0.3, -0.25) is 4.79 Å². The summed E-state index contributed by atoms with van der Waals surface area (Å²) in [5, 5.41) is 2.62. The third-order valence-electron chi connectivity index (χ3n) is 2.47. The number of para-hydroxylation sites is 1. The molecule has 1 aromatic rings. The van der Waals surface area contributed by atoms with Crippen molar-refractivity contribution < 1.29 is 14.3 Å². The van der Waals surface area contributed by atoms with E-state index in [1.54, 1.807) is 24.3 Å². The van der Waals surface area contributed by atoms with Crippen LogP contribution in [-0.4, -0.2) is 17.9 Å². The summed E-state index contributed by atoms with van der Waals surface area (Å²) in [7, 11) is 0. The van der Waals surface area contributed by atoms with E-state index in [-0.39, 0.29) is 5.91 Å². The van der Waals surface area contributed by atoms with Gasteiger partial charge in [-0.1, -0.05) is 38.0 Å². The van der Waals surface area contributed by atoms with E-state index in [2.05, 4.69) is 5.32 Å². The van der Waals surface area contributed by atoms with Crippen LogP contribution in [0.15, 0.2) is 30.3 Å². The second-order valence-corrected chi connectivity index (χ2v) is 4.13. The first kappa shape index (κ1) is 14.2. The molecule has 0 bridgehead atoms. The van der Waals surface area contributed by atoms with Crippen LogP contribution in [0.1, 0.15) is 33.1 Å². The smallest absolute Gasteiger partial charge is 0.334 e. The van der Waals surface area contributed by atoms with Crippen molar-refractivity contribution in [2.45, 2.75) is 39.2 Å². The van der Waals surface area contributed by atoms with Gasteiger partial charge in [0.25, 0.3) is 0 Å². The first-order valence-electron chi connectivity index (χ1n) is 6.17. The minimum Gasteiger partial charge on any atom is -0.425 e. The van der Waals surface area contributed by atoms with Gasteiger partial charge in [0.15, 0.2) is 0 Å². The Hall–Kier alpha value is -1.84. The number of esters is 1. The Balaban J connectivity index is 2.60. The third kappa shape index (κ3) is 4.99. The third-order valence-corrected chi connectivity index (χ3v) is 2.47. The van der Waals surface area contributed by atoms with Gasteiger partial charge in [0.1, 0.15) is 11.8 Å². The Morgan fingerprint density at radius 3 is 2.50 bits per heavy atom. The molecule has 0 fully saturated rings. The van der Waals surface area contributed by atoms with Gasteiger partial charge >= 0.3 is 5.97 Å². The molecule has 0 saturated heterocycles. The quantitative estimate of drug-likeness (QED) is 0.621. The van der Waals surface area contributed by atoms with Crippen molar-refractivity contribution in [2.75, 3.05) is 0 Å². The van der Waals surface area contributed by atoms with Crippen LogP contribution in [0.4, 0.5) is 0 Å². The van der Waals surface area contributed by atoms with Crippen molar-refractivity contribution in [1.29, 1.82) is 0 Å². The second kappa shape index (κ2) is 7.48. The fourth-order valence-corrected chi connectivity index (χ4v) is 1.58. The van der Waals surface area contributed by atoms with Gasteiger partial charge in [-0.05, 0) is 18.6 Å². The summed E-state index contributed by atoms with van der Waals surface area (Å²) in [6.45, 7) is 3.43. The van der Waals surface area contributed by atoms with E-state index in [4.69, 9.17) is 4.74 Å². The summed E-state index contributed by atoms with van der Waals surface area (Å²) in [5.41, 5.74) is 0. The Morgan fingerprint density at radius 1 is 1.28 bits per heavy atom. The molecule has 0 aliphatic rings. The zero-order chi connectivity index (χ0) is 13.4. The fourth-order valence-electron chi connectivity index (χ4n) is 1.58. The molecule has 1 rings (SSSR count). The predicted molar refractivity (Wildman–Crippen MR) is 69.2 cm³/mol. The van der Waals surface area contributed by atoms with Gasteiger partial charge in [0.2, 0.25) is 5.91 Å². The highest BCUT2D eigenvalue weighted by Crippen LogP contribution is 2.11. The van der Waals surface area contributed by atoms with E-state index in [0.717, 1.165) is 12.8 Å². The Kier molecular flexibility index (Phi) is 5.91. The molecule has 4 heteroatoms. The molecule has 18 heavy (non-hydrogen) atoms. The van der Waals surface area contributed by atoms with E-state index in [0.29, 0.717) is 12.2 Å². The first-order chi connectivity index (χ1) is 8.63. The van der Waals surface area contributed by atoms with E-state index < -0.39 is 12.0 Å². The van der Waals surface area contributed by atoms with Crippen LogP contribution < -0.4 is 10.1 Å². The van der Waals surface area contributed by atoms with Crippen molar-refractivity contribution in [3.05, 3.63) is 30.3 Å². The normalized spacial score (nSPS) is 11.7. The zero-order valence-electron chi connectivity index (χ0n) is 10.8. The number of ether oxygens (including phenoxy) is 1. The SMILES string of the molecule is CCCCC(NC(C)=O)C(=O)Oc1ccccc1. The molecule has 0 aliphatic heterocycles. The Bertz CT molecular complexity index is 389. The zero-order valence-corrected chi connectivity index (χ0v) is 10.8. The molecular formula is C14H19NO3. The highest BCUT2D eigenvalue weighted by Gasteiger charge is 2.20. The number of rotatable bonds is 6. The van der Waals surface area contributed by atoms with E-state index in [1.807, 2.05) is 13.0 Å². The number of benzene rings is 1. The largest absolute Gasteiger partial charge is 0.425 e. The molecule has 0 aromatic heterocycles. The van der Waals surface area contributed by atoms with E-state index in [1.165, 1.54) is 6.92 Å². The van der Waals surface area contributed by atoms with Gasteiger partial charge in [0, 0.05) is 6.92 Å². The molecule has 1 unspecified atom stereocenters. The topological polar surface area (TPSA) is 55.4 Å². The number of unbranched alkanes of at least 4 members (excludes halogenated alkanes) is 1. The molecule has 1 aromatic carbocycles. The molecule has 0 spiro atoms. The Morgan fingerprint density at radius 2 is 1.94 bits per heavy atom. The lowest BCUT2D eigenvalue weighted by molar-refractivity contribution is -0.139. The number of carbonyl (C=O) groups is 2. The van der Waals surface area contributed by atoms with Crippen LogP contribution in [0.3, 0.4) is 0 Å². The highest BCUT2D eigenvalue weighted by molar-refractivity contribution is 5.84. The molecule has 0 radical (unpaired) electrons. The van der Waals surface area contributed by atoms with Gasteiger partial charge in [-0.25, -0.2) is 4.79 Å². The summed E-state index contributed by atoms with van der Waals surface area (Å²) in [4.78, 5) is 23.0. The predicted octanol–water partition coefficient (Wildman–Crippen LogP) is 2.29. The van der Waals surface area contributed by atoms with Gasteiger partial charge < -0.3 is 10.1 Å². The average Bonchev–Trinajstić information content (AvgIpc) is 2.35. The summed E-state index contributed by atoms with van der Waals surface area (Å²) in [5.74, 6) is -0.139. The summed E-state index contributed by atoms with van der Waals surface area (Å²) >= 11 is 0. The maximum atomic E-state index is 11.9. The molecule has 1 N–H and O–H groups in total. The van der Waals surface area contributed by atoms with Gasteiger partial charge in [0.05, 0.1) is 0 Å². The van der Waals surface area contributed by atoms with Crippen LogP contribution >= 0.6 is 0 Å². The minimum atomic E-state index is -0.567. The molecule has 0 aliphatic carbocycles. The van der Waals surface area contributed by atoms with E-state index >= 15 is 0 Å². The second-order valence-electron chi connectivity index (χ2n) is 4.13. The maximum absolute atomic E-state index is 11.9. The minimum absolute atomic E-state index is 0.221. The van der Waals surface area contributed by atoms with Gasteiger partial charge in [-0.2, -0.15) is 0 Å². The summed E-state index contributed by atoms with van der Waals surface area (Å²) in [6.07, 6.45) is 2.44. The Labute approximate surface area is 107 Å². The van der Waals surface area contributed by atoms with Gasteiger partial charge in [-0.15, -0.1) is 0 Å². The lowest BCUT2D eigenvalue weighted by atomic mass is 10.1. The van der Waals surface area contributed by atoms with E-state index in [9.17, 15) is 9.59 Å². The monoisotopic (exact) mass is 249 g/mol. The van der Waals surface area contributed by atoms with Crippen LogP contribution in [0.2, 0.25) is 0 Å². The van der Waals surface area contributed by atoms with Crippen molar-refractivity contribution in [1.82, 2.24) is 5.32 Å². The lowest BCUT2D eigenvalue weighted by Crippen LogP contribution is -2.42. The standard InChI is InChI=1S/C14H19NO3/c1-3-4-10-13(15-11(2)16)14(17)18-12-8-6-5-7-9-12/h5-9,13H,3-4,10H2,1-2H3,(H,15,16). The summed E-state index contributed by atoms with van der Waals surface area (Å²) < 4.78 is 5.22. The molecule has 0 heterocycles. The molecule has 0 saturated carbocycles. The molecule has 1 amide bonds. The molecule has 4 nitrogen and oxygen atoms in total. The molecule has 1 atom stereocenters. The number of hydrogen-bond donors (Lipinski definition) is 1. The van der Waals surface area contributed by atoms with Crippen LogP contribution in [-0.2, 0) is 9.59 Å². The molecule has 98 valence electrons. The number of hydrogen-bond acceptors (Lipinski definition) is 3. The lowest BCUT2D eigenvalue weighted by Gasteiger charge is -2.16. The van der Waals surface area contributed by atoms with Crippen molar-refractivity contribution in [3.63, 3.8) is 0 Å². The fraction of sp³-hybridized carbons (Fsp3) is 0.429. The highest BCUT2D eigenvalue weighted by atomic mass is 16.5. The van der Waals surface area contributed by atoms with Crippen LogP contribution in [0.25, 0.3) is 0 Å². The molecular weight excluding hydrogens is 230 g/mol.